The number of hydrogen-bond acceptors (Lipinski definition) is 4. The van der Waals surface area contributed by atoms with E-state index < -0.39 is 0 Å². The smallest absolute Gasteiger partial charge is 0.264 e. The summed E-state index contributed by atoms with van der Waals surface area (Å²) >= 11 is 8.54. The Morgan fingerprint density at radius 2 is 1.84 bits per heavy atom. The fraction of sp³-hybridized carbons (Fsp3) is 0.222. The third-order valence-corrected chi connectivity index (χ3v) is 4.05. The highest BCUT2D eigenvalue weighted by molar-refractivity contribution is 9.10. The van der Waals surface area contributed by atoms with E-state index in [-0.39, 0.29) is 17.6 Å². The molecule has 25 heavy (non-hydrogen) atoms. The molecule has 0 radical (unpaired) electrons. The van der Waals surface area contributed by atoms with Gasteiger partial charge in [-0.05, 0) is 83.5 Å². The minimum absolute atomic E-state index is 0.114. The Kier molecular flexibility index (Phi) is 6.78. The van der Waals surface area contributed by atoms with E-state index >= 15 is 0 Å². The first-order valence-corrected chi connectivity index (χ1v) is 8.73. The number of anilines is 1. The van der Waals surface area contributed by atoms with Gasteiger partial charge in [0.05, 0.1) is 11.6 Å². The van der Waals surface area contributed by atoms with Crippen LogP contribution in [0.5, 0.6) is 11.5 Å². The lowest BCUT2D eigenvalue weighted by Gasteiger charge is -2.12. The predicted molar refractivity (Wildman–Crippen MR) is 106 cm³/mol. The highest BCUT2D eigenvalue weighted by Gasteiger charge is 2.08. The van der Waals surface area contributed by atoms with Crippen LogP contribution in [0.2, 0.25) is 0 Å². The molecule has 0 unspecified atom stereocenters. The van der Waals surface area contributed by atoms with Crippen LogP contribution in [0.15, 0.2) is 40.9 Å². The van der Waals surface area contributed by atoms with Crippen LogP contribution in [-0.2, 0) is 4.79 Å². The van der Waals surface area contributed by atoms with Crippen molar-refractivity contribution < 1.29 is 14.3 Å². The molecule has 0 aliphatic rings. The summed E-state index contributed by atoms with van der Waals surface area (Å²) in [4.78, 5) is 12.0. The number of aryl methyl sites for hydroxylation is 2. The monoisotopic (exact) mass is 422 g/mol. The topological polar surface area (TPSA) is 59.6 Å². The first-order valence-electron chi connectivity index (χ1n) is 7.53. The number of rotatable bonds is 5. The molecule has 7 heteroatoms. The van der Waals surface area contributed by atoms with Crippen molar-refractivity contribution >= 4 is 44.9 Å². The fourth-order valence-electron chi connectivity index (χ4n) is 2.23. The second-order valence-electron chi connectivity index (χ2n) is 5.46. The quantitative estimate of drug-likeness (QED) is 0.713. The van der Waals surface area contributed by atoms with Crippen LogP contribution in [-0.4, -0.2) is 24.7 Å². The average molecular weight is 423 g/mol. The van der Waals surface area contributed by atoms with E-state index in [9.17, 15) is 4.79 Å². The van der Waals surface area contributed by atoms with Gasteiger partial charge in [0.2, 0.25) is 0 Å². The first-order chi connectivity index (χ1) is 11.9. The maximum atomic E-state index is 12.0. The van der Waals surface area contributed by atoms with Gasteiger partial charge in [-0.1, -0.05) is 6.07 Å². The Labute approximate surface area is 160 Å². The summed E-state index contributed by atoms with van der Waals surface area (Å²) in [5, 5.41) is 5.73. The van der Waals surface area contributed by atoms with Gasteiger partial charge in [-0.3, -0.25) is 10.1 Å². The van der Waals surface area contributed by atoms with Crippen molar-refractivity contribution in [2.45, 2.75) is 13.8 Å². The van der Waals surface area contributed by atoms with Gasteiger partial charge >= 0.3 is 0 Å². The van der Waals surface area contributed by atoms with Crippen LogP contribution >= 0.6 is 28.1 Å². The number of halogens is 1. The Morgan fingerprint density at radius 1 is 1.16 bits per heavy atom. The van der Waals surface area contributed by atoms with Crippen LogP contribution in [0.25, 0.3) is 0 Å². The molecule has 2 rings (SSSR count). The summed E-state index contributed by atoms with van der Waals surface area (Å²) in [6, 6.07) is 11.2. The lowest BCUT2D eigenvalue weighted by atomic mass is 10.1. The molecule has 2 aromatic carbocycles. The van der Waals surface area contributed by atoms with Gasteiger partial charge in [0.1, 0.15) is 11.5 Å². The molecule has 0 saturated heterocycles. The first kappa shape index (κ1) is 19.2. The molecule has 132 valence electrons. The SMILES string of the molecule is COc1ccc(NC(=S)NC(=O)COc2cc(C)cc(C)c2)cc1Br. The third kappa shape index (κ3) is 6.03. The maximum Gasteiger partial charge on any atom is 0.264 e. The van der Waals surface area contributed by atoms with E-state index in [1.165, 1.54) is 0 Å². The summed E-state index contributed by atoms with van der Waals surface area (Å²) in [6.07, 6.45) is 0. The van der Waals surface area contributed by atoms with E-state index in [1.54, 1.807) is 19.2 Å². The molecule has 0 saturated carbocycles. The molecule has 0 spiro atoms. The summed E-state index contributed by atoms with van der Waals surface area (Å²) in [5.41, 5.74) is 2.89. The van der Waals surface area contributed by atoms with Crippen molar-refractivity contribution in [2.24, 2.45) is 0 Å². The van der Waals surface area contributed by atoms with Crippen molar-refractivity contribution in [1.82, 2.24) is 5.32 Å². The Hall–Kier alpha value is -2.12. The van der Waals surface area contributed by atoms with Gasteiger partial charge in [0.25, 0.3) is 5.91 Å². The van der Waals surface area contributed by atoms with Crippen molar-refractivity contribution in [3.8, 4) is 11.5 Å². The summed E-state index contributed by atoms with van der Waals surface area (Å²) in [7, 11) is 1.59. The number of carbonyl (C=O) groups excluding carboxylic acids is 1. The highest BCUT2D eigenvalue weighted by atomic mass is 79.9. The molecule has 1 amide bonds. The molecule has 0 heterocycles. The molecule has 5 nitrogen and oxygen atoms in total. The number of carbonyl (C=O) groups is 1. The van der Waals surface area contributed by atoms with Gasteiger partial charge in [-0.15, -0.1) is 0 Å². The van der Waals surface area contributed by atoms with E-state index in [1.807, 2.05) is 38.1 Å². The van der Waals surface area contributed by atoms with E-state index in [0.29, 0.717) is 11.5 Å². The van der Waals surface area contributed by atoms with Crippen LogP contribution in [0.4, 0.5) is 5.69 Å². The number of thiocarbonyl (C=S) groups is 1. The molecular formula is C18H19BrN2O3S. The van der Waals surface area contributed by atoms with Crippen LogP contribution in [0.1, 0.15) is 11.1 Å². The van der Waals surface area contributed by atoms with E-state index in [4.69, 9.17) is 21.7 Å². The second-order valence-corrected chi connectivity index (χ2v) is 6.73. The van der Waals surface area contributed by atoms with Gasteiger partial charge in [0, 0.05) is 5.69 Å². The second kappa shape index (κ2) is 8.82. The van der Waals surface area contributed by atoms with Crippen molar-refractivity contribution in [3.05, 3.63) is 52.0 Å². The van der Waals surface area contributed by atoms with Crippen LogP contribution < -0.4 is 20.1 Å². The number of ether oxygens (including phenoxy) is 2. The van der Waals surface area contributed by atoms with Gasteiger partial charge in [0.15, 0.2) is 11.7 Å². The number of hydrogen-bond donors (Lipinski definition) is 2. The number of nitrogens with one attached hydrogen (secondary N) is 2. The largest absolute Gasteiger partial charge is 0.496 e. The molecule has 2 N–H and O–H groups in total. The fourth-order valence-corrected chi connectivity index (χ4v) is 3.01. The van der Waals surface area contributed by atoms with E-state index in [2.05, 4.69) is 26.6 Å². The number of benzene rings is 2. The zero-order valence-corrected chi connectivity index (χ0v) is 16.6. The molecule has 0 aliphatic heterocycles. The van der Waals surface area contributed by atoms with Crippen LogP contribution in [0, 0.1) is 13.8 Å². The summed E-state index contributed by atoms with van der Waals surface area (Å²) < 4.78 is 11.5. The van der Waals surface area contributed by atoms with E-state index in [0.717, 1.165) is 21.3 Å². The number of amides is 1. The zero-order chi connectivity index (χ0) is 18.4. The molecule has 0 aliphatic carbocycles. The lowest BCUT2D eigenvalue weighted by molar-refractivity contribution is -0.121. The summed E-state index contributed by atoms with van der Waals surface area (Å²) in [6.45, 7) is 3.84. The molecule has 0 atom stereocenters. The highest BCUT2D eigenvalue weighted by Crippen LogP contribution is 2.27. The van der Waals surface area contributed by atoms with Crippen LogP contribution in [0.3, 0.4) is 0 Å². The normalized spacial score (nSPS) is 10.1. The standard InChI is InChI=1S/C18H19BrN2O3S/c1-11-6-12(2)8-14(7-11)24-10-17(22)21-18(25)20-13-4-5-16(23-3)15(19)9-13/h4-9H,10H2,1-3H3,(H2,20,21,22,25). The van der Waals surface area contributed by atoms with Crippen molar-refractivity contribution in [2.75, 3.05) is 19.0 Å². The van der Waals surface area contributed by atoms with Gasteiger partial charge in [-0.2, -0.15) is 0 Å². The maximum absolute atomic E-state index is 12.0. The van der Waals surface area contributed by atoms with Crippen molar-refractivity contribution in [1.29, 1.82) is 0 Å². The third-order valence-electron chi connectivity index (χ3n) is 3.23. The van der Waals surface area contributed by atoms with Gasteiger partial charge < -0.3 is 14.8 Å². The minimum Gasteiger partial charge on any atom is -0.496 e. The lowest BCUT2D eigenvalue weighted by Crippen LogP contribution is -2.37. The summed E-state index contributed by atoms with van der Waals surface area (Å²) in [5.74, 6) is 1.04. The molecular weight excluding hydrogens is 404 g/mol. The predicted octanol–water partition coefficient (Wildman–Crippen LogP) is 3.97. The Bertz CT molecular complexity index is 776. The molecule has 0 aromatic heterocycles. The number of methoxy groups -OCH3 is 1. The molecule has 0 fully saturated rings. The zero-order valence-electron chi connectivity index (χ0n) is 14.2. The van der Waals surface area contributed by atoms with Gasteiger partial charge in [-0.25, -0.2) is 0 Å². The Morgan fingerprint density at radius 3 is 2.44 bits per heavy atom. The Balaban J connectivity index is 1.85. The molecule has 2 aromatic rings. The molecule has 0 bridgehead atoms. The average Bonchev–Trinajstić information content (AvgIpc) is 2.52. The van der Waals surface area contributed by atoms with Crippen molar-refractivity contribution in [3.63, 3.8) is 0 Å². The minimum atomic E-state index is -0.329.